The van der Waals surface area contributed by atoms with Crippen molar-refractivity contribution >= 4 is 55.8 Å². The molecule has 0 aromatic rings. The molecule has 0 atom stereocenters. The Morgan fingerprint density at radius 2 is 0.857 bits per heavy atom. The molecular formula is H6Cl4O7Si2W. The second-order valence-corrected chi connectivity index (χ2v) is 30.1. The van der Waals surface area contributed by atoms with Gasteiger partial charge in [0.15, 0.2) is 0 Å². The minimum atomic E-state index is -4.98. The van der Waals surface area contributed by atoms with Crippen LogP contribution < -0.4 is 0 Å². The van der Waals surface area contributed by atoms with E-state index >= 15 is 0 Å². The Morgan fingerprint density at radius 3 is 0.857 bits per heavy atom. The minimum absolute atomic E-state index is 3.24. The molecule has 7 nitrogen and oxygen atoms in total. The van der Waals surface area contributed by atoms with Crippen LogP contribution >= 0.6 is 37.7 Å². The molecule has 0 fully saturated rings. The average Bonchev–Trinajstić information content (AvgIpc) is 1.42. The van der Waals surface area contributed by atoms with E-state index in [-0.39, 0.29) is 0 Å². The average molecular weight is 500 g/mol. The fourth-order valence-electron chi connectivity index (χ4n) is 0.184. The van der Waals surface area contributed by atoms with E-state index < -0.39 is 30.0 Å². The van der Waals surface area contributed by atoms with Gasteiger partial charge < -0.3 is 32.9 Å². The van der Waals surface area contributed by atoms with Crippen LogP contribution in [0.2, 0.25) is 0 Å². The standard InChI is InChI=1S/4ClH.H6O7Si2.W/c;;;;1-8(2,3)7-9(4,5)6;/h4*1H;1-6H;/q;;;;;+4/p-4. The van der Waals surface area contributed by atoms with Crippen molar-refractivity contribution in [2.45, 2.75) is 0 Å². The van der Waals surface area contributed by atoms with Crippen LogP contribution in [0.4, 0.5) is 0 Å². The van der Waals surface area contributed by atoms with Crippen molar-refractivity contribution < 1.29 is 44.8 Å². The van der Waals surface area contributed by atoms with Crippen LogP contribution in [0, 0.1) is 0 Å². The van der Waals surface area contributed by atoms with E-state index in [1.165, 1.54) is 0 Å². The quantitative estimate of drug-likeness (QED) is 0.257. The van der Waals surface area contributed by atoms with E-state index in [0.717, 1.165) is 0 Å². The molecule has 0 rings (SSSR count). The summed E-state index contributed by atoms with van der Waals surface area (Å²) in [6.07, 6.45) is 0. The summed E-state index contributed by atoms with van der Waals surface area (Å²) in [7, 11) is 10.2. The van der Waals surface area contributed by atoms with Crippen molar-refractivity contribution in [1.29, 1.82) is 0 Å². The van der Waals surface area contributed by atoms with Gasteiger partial charge in [-0.3, -0.25) is 0 Å². The van der Waals surface area contributed by atoms with Gasteiger partial charge in [0.25, 0.3) is 0 Å². The molecule has 0 aliphatic rings. The van der Waals surface area contributed by atoms with Crippen molar-refractivity contribution in [2.75, 3.05) is 0 Å². The van der Waals surface area contributed by atoms with Gasteiger partial charge in [0.05, 0.1) is 0 Å². The second-order valence-electron chi connectivity index (χ2n) is 1.60. The van der Waals surface area contributed by atoms with Gasteiger partial charge in [-0.05, 0) is 0 Å². The van der Waals surface area contributed by atoms with Crippen molar-refractivity contribution in [2.24, 2.45) is 0 Å². The van der Waals surface area contributed by atoms with Crippen molar-refractivity contribution in [3.8, 4) is 0 Å². The molecule has 0 spiro atoms. The Hall–Kier alpha value is 2.00. The molecule has 0 amide bonds. The molecule has 0 radical (unpaired) electrons. The molecule has 90 valence electrons. The first kappa shape index (κ1) is 18.4. The zero-order chi connectivity index (χ0) is 12.2. The summed E-state index contributed by atoms with van der Waals surface area (Å²) in [5.41, 5.74) is 0. The molecule has 0 aromatic carbocycles. The molecule has 0 aliphatic carbocycles. The topological polar surface area (TPSA) is 131 Å². The third-order valence-electron chi connectivity index (χ3n) is 0.274. The first-order valence-corrected chi connectivity index (χ1v) is 20.4. The summed E-state index contributed by atoms with van der Waals surface area (Å²) < 4.78 is 3.24. The van der Waals surface area contributed by atoms with Gasteiger partial charge in [-0.25, -0.2) is 0 Å². The molecular weight excluding hydrogens is 494 g/mol. The molecule has 0 saturated heterocycles. The maximum atomic E-state index is 7.94. The zero-order valence-electron chi connectivity index (χ0n) is 6.01. The first-order valence-electron chi connectivity index (χ1n) is 2.37. The summed E-state index contributed by atoms with van der Waals surface area (Å²) in [5.74, 6) is 0. The second kappa shape index (κ2) is 6.67. The Morgan fingerprint density at radius 1 is 0.714 bits per heavy atom. The molecule has 0 bridgehead atoms. The number of halogens is 4. The predicted octanol–water partition coefficient (Wildman–Crippen LogP) is -1.42. The fourth-order valence-corrected chi connectivity index (χ4v) is 1.65. The molecule has 0 saturated carbocycles. The molecule has 0 aliphatic heterocycles. The molecule has 0 unspecified atom stereocenters. The number of rotatable bonds is 2. The van der Waals surface area contributed by atoms with Crippen LogP contribution in [0.15, 0.2) is 0 Å². The molecule has 14 heavy (non-hydrogen) atoms. The van der Waals surface area contributed by atoms with Crippen LogP contribution in [0.1, 0.15) is 0 Å². The summed E-state index contributed by atoms with van der Waals surface area (Å²) in [4.78, 5) is 47.6. The Kier molecular flexibility index (Phi) is 8.75. The van der Waals surface area contributed by atoms with Gasteiger partial charge in [-0.15, -0.1) is 0 Å². The monoisotopic (exact) mass is 498 g/mol. The first-order chi connectivity index (χ1) is 5.71. The third-order valence-corrected chi connectivity index (χ3v) is 2.46. The van der Waals surface area contributed by atoms with Crippen LogP contribution in [0.5, 0.6) is 0 Å². The molecule has 6 N–H and O–H groups in total. The summed E-state index contributed by atoms with van der Waals surface area (Å²) in [6.45, 7) is 0. The number of hydrogen-bond donors (Lipinski definition) is 6. The van der Waals surface area contributed by atoms with Crippen LogP contribution in [0.3, 0.4) is 0 Å². The van der Waals surface area contributed by atoms with Crippen LogP contribution in [-0.2, 0) is 16.0 Å². The van der Waals surface area contributed by atoms with Gasteiger partial charge in [-0.1, -0.05) is 0 Å². The van der Waals surface area contributed by atoms with Crippen molar-refractivity contribution in [3.63, 3.8) is 0 Å². The summed E-state index contributed by atoms with van der Waals surface area (Å²) in [6, 6.07) is 0. The normalized spacial score (nSPS) is 14.4. The Balaban J connectivity index is 0. The summed E-state index contributed by atoms with van der Waals surface area (Å²) >= 11 is -3.28. The zero-order valence-corrected chi connectivity index (χ0v) is 14.0. The van der Waals surface area contributed by atoms with E-state index in [0.29, 0.717) is 0 Å². The third kappa shape index (κ3) is 37.0. The van der Waals surface area contributed by atoms with Crippen LogP contribution in [-0.4, -0.2) is 46.9 Å². The van der Waals surface area contributed by atoms with Gasteiger partial charge in [0.2, 0.25) is 0 Å². The molecule has 14 heteroatoms. The Bertz CT molecular complexity index is 139. The predicted molar refractivity (Wildman–Crippen MR) is 49.3 cm³/mol. The van der Waals surface area contributed by atoms with E-state index in [1.54, 1.807) is 0 Å². The van der Waals surface area contributed by atoms with E-state index in [1.807, 2.05) is 0 Å². The SMILES string of the molecule is O[Si](O)(O)O[Si](O)(O)O.[Cl][W]([Cl])([Cl])[Cl]. The van der Waals surface area contributed by atoms with Crippen molar-refractivity contribution in [3.05, 3.63) is 0 Å². The summed E-state index contributed by atoms with van der Waals surface area (Å²) in [5, 5.41) is 0. The van der Waals surface area contributed by atoms with Gasteiger partial charge in [0, 0.05) is 0 Å². The van der Waals surface area contributed by atoms with E-state index in [2.05, 4.69) is 4.12 Å². The van der Waals surface area contributed by atoms with Gasteiger partial charge >= 0.3 is 67.7 Å². The van der Waals surface area contributed by atoms with Gasteiger partial charge in [-0.2, -0.15) is 0 Å². The maximum absolute atomic E-state index is 7.94. The van der Waals surface area contributed by atoms with Crippen molar-refractivity contribution in [1.82, 2.24) is 0 Å². The molecule has 0 aromatic heterocycles. The van der Waals surface area contributed by atoms with E-state index in [4.69, 9.17) is 66.4 Å². The Labute approximate surface area is 99.9 Å². The van der Waals surface area contributed by atoms with E-state index in [9.17, 15) is 0 Å². The van der Waals surface area contributed by atoms with Crippen LogP contribution in [0.25, 0.3) is 0 Å². The molecule has 0 heterocycles. The fraction of sp³-hybridized carbons (Fsp3) is 0. The van der Waals surface area contributed by atoms with Gasteiger partial charge in [0.1, 0.15) is 0 Å². The number of hydrogen-bond acceptors (Lipinski definition) is 7.